The summed E-state index contributed by atoms with van der Waals surface area (Å²) in [5.41, 5.74) is 1.14. The molecule has 20 heavy (non-hydrogen) atoms. The molecular formula is C15H21NO3S. The molecule has 0 aromatic heterocycles. The summed E-state index contributed by atoms with van der Waals surface area (Å²) >= 11 is 1.47. The third-order valence-corrected chi connectivity index (χ3v) is 4.05. The summed E-state index contributed by atoms with van der Waals surface area (Å²) in [4.78, 5) is 23.7. The molecule has 0 fully saturated rings. The number of benzene rings is 1. The summed E-state index contributed by atoms with van der Waals surface area (Å²) in [6, 6.07) is 7.61. The van der Waals surface area contributed by atoms with E-state index in [0.717, 1.165) is 16.9 Å². The topological polar surface area (TPSA) is 66.4 Å². The molecule has 5 heteroatoms. The molecule has 0 radical (unpaired) electrons. The van der Waals surface area contributed by atoms with Crippen molar-refractivity contribution in [3.63, 3.8) is 0 Å². The lowest BCUT2D eigenvalue weighted by atomic mass is 10.1. The zero-order valence-electron chi connectivity index (χ0n) is 11.9. The number of hydrogen-bond donors (Lipinski definition) is 2. The van der Waals surface area contributed by atoms with E-state index in [-0.39, 0.29) is 18.4 Å². The van der Waals surface area contributed by atoms with Gasteiger partial charge < -0.3 is 10.4 Å². The minimum atomic E-state index is -0.879. The summed E-state index contributed by atoms with van der Waals surface area (Å²) in [6.45, 7) is 3.98. The van der Waals surface area contributed by atoms with Gasteiger partial charge in [-0.2, -0.15) is 0 Å². The predicted octanol–water partition coefficient (Wildman–Crippen LogP) is 2.85. The van der Waals surface area contributed by atoms with Crippen LogP contribution < -0.4 is 5.32 Å². The van der Waals surface area contributed by atoms with Gasteiger partial charge in [0.25, 0.3) is 0 Å². The van der Waals surface area contributed by atoms with E-state index in [0.29, 0.717) is 12.2 Å². The molecule has 4 nitrogen and oxygen atoms in total. The molecule has 0 spiro atoms. The Labute approximate surface area is 124 Å². The third-order valence-electron chi connectivity index (χ3n) is 2.88. The van der Waals surface area contributed by atoms with Crippen LogP contribution in [0.5, 0.6) is 0 Å². The number of carbonyl (C=O) groups is 2. The van der Waals surface area contributed by atoms with Gasteiger partial charge in [-0.15, -0.1) is 11.8 Å². The largest absolute Gasteiger partial charge is 0.481 e. The molecular weight excluding hydrogens is 274 g/mol. The van der Waals surface area contributed by atoms with Gasteiger partial charge in [0.05, 0.1) is 12.2 Å². The monoisotopic (exact) mass is 295 g/mol. The Hall–Kier alpha value is -1.49. The highest BCUT2D eigenvalue weighted by Gasteiger charge is 2.15. The van der Waals surface area contributed by atoms with Gasteiger partial charge >= 0.3 is 5.97 Å². The van der Waals surface area contributed by atoms with Gasteiger partial charge in [-0.3, -0.25) is 9.59 Å². The van der Waals surface area contributed by atoms with Crippen molar-refractivity contribution in [1.29, 1.82) is 0 Å². The van der Waals surface area contributed by atoms with Gasteiger partial charge in [0.2, 0.25) is 5.91 Å². The Kier molecular flexibility index (Phi) is 7.15. The lowest BCUT2D eigenvalue weighted by molar-refractivity contribution is -0.137. The van der Waals surface area contributed by atoms with Crippen LogP contribution in [-0.4, -0.2) is 28.8 Å². The maximum Gasteiger partial charge on any atom is 0.305 e. The van der Waals surface area contributed by atoms with Crippen molar-refractivity contribution in [3.05, 3.63) is 29.8 Å². The van der Waals surface area contributed by atoms with Crippen LogP contribution in [0.1, 0.15) is 31.7 Å². The summed E-state index contributed by atoms with van der Waals surface area (Å²) in [6.07, 6.45) is 1.52. The highest BCUT2D eigenvalue weighted by Crippen LogP contribution is 2.21. The standard InChI is InChI=1S/C15H21NO3S/c1-3-6-12(9-15(18)19)16-14(17)10-20-13-8-5-4-7-11(13)2/h4-5,7-8,12H,3,6,9-10H2,1-2H3,(H,16,17)(H,18,19)/t12-/m1/s1. The molecule has 1 atom stereocenters. The second-order valence-electron chi connectivity index (χ2n) is 4.71. The van der Waals surface area contributed by atoms with Crippen LogP contribution in [0.25, 0.3) is 0 Å². The average molecular weight is 295 g/mol. The predicted molar refractivity (Wildman–Crippen MR) is 81.0 cm³/mol. The van der Waals surface area contributed by atoms with E-state index in [1.165, 1.54) is 11.8 Å². The number of amides is 1. The first-order valence-electron chi connectivity index (χ1n) is 6.72. The van der Waals surface area contributed by atoms with E-state index in [2.05, 4.69) is 5.32 Å². The van der Waals surface area contributed by atoms with Crippen LogP contribution in [0.2, 0.25) is 0 Å². The molecule has 1 aromatic carbocycles. The minimum absolute atomic E-state index is 0.0192. The van der Waals surface area contributed by atoms with Crippen LogP contribution in [0.4, 0.5) is 0 Å². The Balaban J connectivity index is 2.45. The van der Waals surface area contributed by atoms with Crippen molar-refractivity contribution >= 4 is 23.6 Å². The summed E-state index contributed by atoms with van der Waals surface area (Å²) in [5.74, 6) is -0.682. The SMILES string of the molecule is CCC[C@H](CC(=O)O)NC(=O)CSc1ccccc1C. The van der Waals surface area contributed by atoms with Gasteiger partial charge in [-0.25, -0.2) is 0 Å². The normalized spacial score (nSPS) is 11.9. The Bertz CT molecular complexity index is 462. The number of aliphatic carboxylic acids is 1. The van der Waals surface area contributed by atoms with Crippen LogP contribution in [0, 0.1) is 6.92 Å². The fourth-order valence-corrected chi connectivity index (χ4v) is 2.76. The van der Waals surface area contributed by atoms with Crippen LogP contribution in [-0.2, 0) is 9.59 Å². The highest BCUT2D eigenvalue weighted by molar-refractivity contribution is 8.00. The number of carboxylic acids is 1. The van der Waals surface area contributed by atoms with Crippen LogP contribution >= 0.6 is 11.8 Å². The van der Waals surface area contributed by atoms with E-state index in [1.54, 1.807) is 0 Å². The van der Waals surface area contributed by atoms with Gasteiger partial charge in [0.15, 0.2) is 0 Å². The lowest BCUT2D eigenvalue weighted by Gasteiger charge is -2.16. The number of nitrogens with one attached hydrogen (secondary N) is 1. The van der Waals surface area contributed by atoms with E-state index in [1.807, 2.05) is 38.1 Å². The first-order valence-corrected chi connectivity index (χ1v) is 7.71. The molecule has 0 bridgehead atoms. The maximum atomic E-state index is 11.9. The average Bonchev–Trinajstić information content (AvgIpc) is 2.37. The minimum Gasteiger partial charge on any atom is -0.481 e. The van der Waals surface area contributed by atoms with Crippen LogP contribution in [0.3, 0.4) is 0 Å². The molecule has 1 rings (SSSR count). The van der Waals surface area contributed by atoms with Crippen LogP contribution in [0.15, 0.2) is 29.2 Å². The Morgan fingerprint density at radius 3 is 2.65 bits per heavy atom. The van der Waals surface area contributed by atoms with Crippen molar-refractivity contribution in [3.8, 4) is 0 Å². The lowest BCUT2D eigenvalue weighted by Crippen LogP contribution is -2.37. The van der Waals surface area contributed by atoms with Crippen molar-refractivity contribution in [2.75, 3.05) is 5.75 Å². The molecule has 0 heterocycles. The van der Waals surface area contributed by atoms with E-state index in [4.69, 9.17) is 5.11 Å². The summed E-state index contributed by atoms with van der Waals surface area (Å²) in [5, 5.41) is 11.6. The summed E-state index contributed by atoms with van der Waals surface area (Å²) < 4.78 is 0. The Morgan fingerprint density at radius 1 is 1.35 bits per heavy atom. The van der Waals surface area contributed by atoms with Crippen molar-refractivity contribution in [2.45, 2.75) is 44.0 Å². The van der Waals surface area contributed by atoms with Gasteiger partial charge in [-0.05, 0) is 25.0 Å². The first kappa shape index (κ1) is 16.6. The highest BCUT2D eigenvalue weighted by atomic mass is 32.2. The number of aryl methyl sites for hydroxylation is 1. The van der Waals surface area contributed by atoms with Gasteiger partial charge in [0.1, 0.15) is 0 Å². The fraction of sp³-hybridized carbons (Fsp3) is 0.467. The number of rotatable bonds is 8. The molecule has 1 amide bonds. The number of thioether (sulfide) groups is 1. The molecule has 1 aromatic rings. The summed E-state index contributed by atoms with van der Waals surface area (Å²) in [7, 11) is 0. The number of carboxylic acid groups (broad SMARTS) is 1. The van der Waals surface area contributed by atoms with Gasteiger partial charge in [0, 0.05) is 10.9 Å². The molecule has 0 saturated carbocycles. The Morgan fingerprint density at radius 2 is 2.05 bits per heavy atom. The van der Waals surface area contributed by atoms with E-state index < -0.39 is 5.97 Å². The zero-order valence-corrected chi connectivity index (χ0v) is 12.7. The van der Waals surface area contributed by atoms with Crippen molar-refractivity contribution in [1.82, 2.24) is 5.32 Å². The number of carbonyl (C=O) groups excluding carboxylic acids is 1. The number of hydrogen-bond acceptors (Lipinski definition) is 3. The zero-order chi connectivity index (χ0) is 15.0. The molecule has 0 aliphatic heterocycles. The second kappa shape index (κ2) is 8.64. The molecule has 110 valence electrons. The fourth-order valence-electron chi connectivity index (χ4n) is 1.92. The maximum absolute atomic E-state index is 11.9. The molecule has 0 saturated heterocycles. The van der Waals surface area contributed by atoms with Gasteiger partial charge in [-0.1, -0.05) is 31.5 Å². The second-order valence-corrected chi connectivity index (χ2v) is 5.72. The quantitative estimate of drug-likeness (QED) is 0.724. The molecule has 2 N–H and O–H groups in total. The van der Waals surface area contributed by atoms with Crippen molar-refractivity contribution in [2.24, 2.45) is 0 Å². The third kappa shape index (κ3) is 6.10. The van der Waals surface area contributed by atoms with E-state index >= 15 is 0 Å². The molecule has 0 aliphatic carbocycles. The smallest absolute Gasteiger partial charge is 0.305 e. The first-order chi connectivity index (χ1) is 9.52. The van der Waals surface area contributed by atoms with Crippen molar-refractivity contribution < 1.29 is 14.7 Å². The molecule has 0 aliphatic rings. The molecule has 0 unspecified atom stereocenters. The van der Waals surface area contributed by atoms with E-state index in [9.17, 15) is 9.59 Å².